The first-order valence-electron chi connectivity index (χ1n) is 12.5. The molecule has 2 aromatic heterocycles. The summed E-state index contributed by atoms with van der Waals surface area (Å²) in [6.45, 7) is 4.84. The highest BCUT2D eigenvalue weighted by atomic mass is 16.3. The van der Waals surface area contributed by atoms with Gasteiger partial charge >= 0.3 is 0 Å². The number of aromatic amines is 1. The molecule has 1 aliphatic carbocycles. The Hall–Kier alpha value is -3.48. The molecular formula is C29H33N5O. The predicted molar refractivity (Wildman–Crippen MR) is 142 cm³/mol. The van der Waals surface area contributed by atoms with Crippen molar-refractivity contribution in [3.8, 4) is 33.6 Å². The van der Waals surface area contributed by atoms with Crippen molar-refractivity contribution in [2.45, 2.75) is 45.1 Å². The van der Waals surface area contributed by atoms with Crippen LogP contribution in [-0.4, -0.2) is 33.4 Å². The number of nitrogens with one attached hydrogen (secondary N) is 2. The van der Waals surface area contributed by atoms with E-state index in [0.717, 1.165) is 82.0 Å². The number of nitrogens with two attached hydrogens (primary N) is 1. The molecule has 5 rings (SSSR count). The molecule has 4 aromatic rings. The standard InChI is InChI=1S/C29H33N5O/c1-3-29(30,4-2)21-12-10-20(11-13-21)26-23(19-8-6-5-7-9-19)18-24-25(32-26)15-14-22-27(24)33-34-28(22)31-16-17-35/h5-13,18,35H,3-4,14-17,30H2,1-2H3,(H2,31,33,34). The van der Waals surface area contributed by atoms with Crippen molar-refractivity contribution in [1.29, 1.82) is 0 Å². The molecule has 5 N–H and O–H groups in total. The summed E-state index contributed by atoms with van der Waals surface area (Å²) in [6.07, 6.45) is 3.49. The molecule has 6 nitrogen and oxygen atoms in total. The predicted octanol–water partition coefficient (Wildman–Crippen LogP) is 5.28. The van der Waals surface area contributed by atoms with E-state index < -0.39 is 0 Å². The van der Waals surface area contributed by atoms with Crippen LogP contribution in [0.4, 0.5) is 5.82 Å². The number of hydrogen-bond acceptors (Lipinski definition) is 5. The topological polar surface area (TPSA) is 99.9 Å². The zero-order valence-corrected chi connectivity index (χ0v) is 20.4. The number of anilines is 1. The van der Waals surface area contributed by atoms with Gasteiger partial charge in [0.1, 0.15) is 0 Å². The van der Waals surface area contributed by atoms with Gasteiger partial charge in [-0.25, -0.2) is 0 Å². The fourth-order valence-electron chi connectivity index (χ4n) is 5.03. The van der Waals surface area contributed by atoms with Crippen molar-refractivity contribution in [1.82, 2.24) is 15.2 Å². The maximum absolute atomic E-state index is 9.20. The number of rotatable bonds is 8. The third-order valence-corrected chi connectivity index (χ3v) is 7.33. The summed E-state index contributed by atoms with van der Waals surface area (Å²) in [7, 11) is 0. The Morgan fingerprint density at radius 2 is 1.71 bits per heavy atom. The van der Waals surface area contributed by atoms with Crippen molar-refractivity contribution in [2.75, 3.05) is 18.5 Å². The second-order valence-electron chi connectivity index (χ2n) is 9.26. The van der Waals surface area contributed by atoms with Crippen LogP contribution in [0.1, 0.15) is 43.5 Å². The molecule has 0 saturated carbocycles. The Morgan fingerprint density at radius 3 is 2.40 bits per heavy atom. The molecule has 6 heteroatoms. The Labute approximate surface area is 206 Å². The van der Waals surface area contributed by atoms with Gasteiger partial charge in [-0.05, 0) is 42.9 Å². The van der Waals surface area contributed by atoms with E-state index in [4.69, 9.17) is 10.7 Å². The highest BCUT2D eigenvalue weighted by Gasteiger charge is 2.26. The van der Waals surface area contributed by atoms with Gasteiger partial charge in [-0.3, -0.25) is 10.1 Å². The zero-order valence-electron chi connectivity index (χ0n) is 20.4. The van der Waals surface area contributed by atoms with Gasteiger partial charge in [0.25, 0.3) is 0 Å². The van der Waals surface area contributed by atoms with Gasteiger partial charge in [0, 0.05) is 34.3 Å². The van der Waals surface area contributed by atoms with E-state index in [0.29, 0.717) is 6.54 Å². The summed E-state index contributed by atoms with van der Waals surface area (Å²) >= 11 is 0. The molecule has 2 aromatic carbocycles. The van der Waals surface area contributed by atoms with Crippen LogP contribution < -0.4 is 11.1 Å². The van der Waals surface area contributed by atoms with E-state index in [2.05, 4.69) is 84.0 Å². The summed E-state index contributed by atoms with van der Waals surface area (Å²) in [5, 5.41) is 20.1. The molecule has 0 fully saturated rings. The van der Waals surface area contributed by atoms with Gasteiger partial charge in [-0.15, -0.1) is 0 Å². The summed E-state index contributed by atoms with van der Waals surface area (Å²) < 4.78 is 0. The van der Waals surface area contributed by atoms with Crippen LogP contribution in [0.15, 0.2) is 60.7 Å². The molecule has 1 aliphatic rings. The Bertz CT molecular complexity index is 1310. The van der Waals surface area contributed by atoms with Crippen LogP contribution in [0.3, 0.4) is 0 Å². The van der Waals surface area contributed by atoms with Crippen molar-refractivity contribution < 1.29 is 5.11 Å². The van der Waals surface area contributed by atoms with Gasteiger partial charge in [0.2, 0.25) is 0 Å². The Balaban J connectivity index is 1.63. The van der Waals surface area contributed by atoms with Crippen LogP contribution >= 0.6 is 0 Å². The lowest BCUT2D eigenvalue weighted by molar-refractivity contribution is 0.311. The lowest BCUT2D eigenvalue weighted by Gasteiger charge is -2.27. The Kier molecular flexibility index (Phi) is 6.41. The van der Waals surface area contributed by atoms with Gasteiger partial charge in [-0.1, -0.05) is 68.4 Å². The highest BCUT2D eigenvalue weighted by Crippen LogP contribution is 2.41. The fourth-order valence-corrected chi connectivity index (χ4v) is 5.03. The molecule has 180 valence electrons. The average molecular weight is 468 g/mol. The van der Waals surface area contributed by atoms with E-state index in [1.807, 2.05) is 6.07 Å². The van der Waals surface area contributed by atoms with Crippen LogP contribution in [-0.2, 0) is 18.4 Å². The van der Waals surface area contributed by atoms with Crippen molar-refractivity contribution in [3.05, 3.63) is 77.5 Å². The Morgan fingerprint density at radius 1 is 0.971 bits per heavy atom. The number of aliphatic hydroxyl groups is 1. The van der Waals surface area contributed by atoms with Gasteiger partial charge in [-0.2, -0.15) is 5.10 Å². The molecule has 0 spiro atoms. The monoisotopic (exact) mass is 467 g/mol. The fraction of sp³-hybridized carbons (Fsp3) is 0.310. The first-order valence-corrected chi connectivity index (χ1v) is 12.5. The number of H-pyrrole nitrogens is 1. The van der Waals surface area contributed by atoms with Crippen LogP contribution in [0, 0.1) is 0 Å². The SMILES string of the molecule is CCC(N)(CC)c1ccc(-c2nc3c(cc2-c2ccccc2)-c2[nH]nc(NCCO)c2CC3)cc1. The molecule has 0 radical (unpaired) electrons. The number of aliphatic hydroxyl groups excluding tert-OH is 1. The van der Waals surface area contributed by atoms with Crippen LogP contribution in [0.2, 0.25) is 0 Å². The molecule has 35 heavy (non-hydrogen) atoms. The average Bonchev–Trinajstić information content (AvgIpc) is 3.34. The molecular weight excluding hydrogens is 434 g/mol. The second kappa shape index (κ2) is 9.64. The molecule has 0 amide bonds. The van der Waals surface area contributed by atoms with Crippen LogP contribution in [0.25, 0.3) is 33.6 Å². The van der Waals surface area contributed by atoms with E-state index in [1.54, 1.807) is 0 Å². The van der Waals surface area contributed by atoms with Crippen molar-refractivity contribution >= 4 is 5.82 Å². The normalized spacial score (nSPS) is 12.8. The molecule has 0 unspecified atom stereocenters. The minimum Gasteiger partial charge on any atom is -0.395 e. The quantitative estimate of drug-likeness (QED) is 0.282. The third-order valence-electron chi connectivity index (χ3n) is 7.33. The van der Waals surface area contributed by atoms with Crippen molar-refractivity contribution in [3.63, 3.8) is 0 Å². The molecule has 0 atom stereocenters. The molecule has 0 saturated heterocycles. The number of aromatic nitrogens is 3. The largest absolute Gasteiger partial charge is 0.395 e. The number of nitrogens with zero attached hydrogens (tertiary/aromatic N) is 2. The highest BCUT2D eigenvalue weighted by molar-refractivity contribution is 5.86. The lowest BCUT2D eigenvalue weighted by Crippen LogP contribution is -2.34. The van der Waals surface area contributed by atoms with Crippen molar-refractivity contribution in [2.24, 2.45) is 5.73 Å². The molecule has 2 heterocycles. The molecule has 0 aliphatic heterocycles. The number of aryl methyl sites for hydroxylation is 1. The maximum Gasteiger partial charge on any atom is 0.151 e. The summed E-state index contributed by atoms with van der Waals surface area (Å²) in [5.41, 5.74) is 16.1. The summed E-state index contributed by atoms with van der Waals surface area (Å²) in [6, 6.07) is 21.3. The minimum atomic E-state index is -0.303. The first kappa shape index (κ1) is 23.3. The zero-order chi connectivity index (χ0) is 24.4. The summed E-state index contributed by atoms with van der Waals surface area (Å²) in [5.74, 6) is 0.817. The van der Waals surface area contributed by atoms with Gasteiger partial charge in [0.15, 0.2) is 5.82 Å². The third kappa shape index (κ3) is 4.24. The van der Waals surface area contributed by atoms with E-state index in [-0.39, 0.29) is 12.1 Å². The van der Waals surface area contributed by atoms with Crippen LogP contribution in [0.5, 0.6) is 0 Å². The minimum absolute atomic E-state index is 0.0713. The lowest BCUT2D eigenvalue weighted by atomic mass is 9.85. The first-order chi connectivity index (χ1) is 17.1. The van der Waals surface area contributed by atoms with E-state index in [1.165, 1.54) is 0 Å². The number of hydrogen-bond donors (Lipinski definition) is 4. The number of fused-ring (bicyclic) bond motifs is 3. The van der Waals surface area contributed by atoms with E-state index >= 15 is 0 Å². The maximum atomic E-state index is 9.20. The molecule has 0 bridgehead atoms. The van der Waals surface area contributed by atoms with Gasteiger partial charge in [0.05, 0.1) is 23.7 Å². The van der Waals surface area contributed by atoms with E-state index in [9.17, 15) is 5.11 Å². The number of benzene rings is 2. The smallest absolute Gasteiger partial charge is 0.151 e. The second-order valence-corrected chi connectivity index (χ2v) is 9.26. The summed E-state index contributed by atoms with van der Waals surface area (Å²) in [4.78, 5) is 5.22. The van der Waals surface area contributed by atoms with Gasteiger partial charge < -0.3 is 16.2 Å². The number of pyridine rings is 1.